The van der Waals surface area contributed by atoms with Gasteiger partial charge in [0, 0.05) is 18.1 Å². The lowest BCUT2D eigenvalue weighted by Gasteiger charge is -1.95. The fourth-order valence-electron chi connectivity index (χ4n) is 1.72. The number of nitrogens with zero attached hydrogens (tertiary/aromatic N) is 4. The van der Waals surface area contributed by atoms with Gasteiger partial charge in [0.25, 0.3) is 11.1 Å². The molecule has 5 nitrogen and oxygen atoms in total. The highest BCUT2D eigenvalue weighted by Crippen LogP contribution is 2.31. The van der Waals surface area contributed by atoms with E-state index in [9.17, 15) is 0 Å². The fourth-order valence-corrected chi connectivity index (χ4v) is 3.26. The molecule has 0 bridgehead atoms. The Morgan fingerprint density at radius 3 is 2.90 bits per heavy atom. The van der Waals surface area contributed by atoms with Crippen LogP contribution < -0.4 is 0 Å². The SMILES string of the molecule is Cc1nc(C)c(-c2nnc(SCc3cccnc3)o2)s1. The third kappa shape index (κ3) is 2.88. The first-order valence-corrected chi connectivity index (χ1v) is 7.82. The first-order chi connectivity index (χ1) is 9.72. The van der Waals surface area contributed by atoms with Crippen LogP contribution in [0.25, 0.3) is 10.8 Å². The first kappa shape index (κ1) is 13.3. The van der Waals surface area contributed by atoms with Crippen LogP contribution in [0.5, 0.6) is 0 Å². The quantitative estimate of drug-likeness (QED) is 0.687. The molecule has 3 aromatic heterocycles. The van der Waals surface area contributed by atoms with Gasteiger partial charge in [-0.15, -0.1) is 21.5 Å². The van der Waals surface area contributed by atoms with Crippen LogP contribution in [0.3, 0.4) is 0 Å². The van der Waals surface area contributed by atoms with Gasteiger partial charge in [-0.1, -0.05) is 17.8 Å². The summed E-state index contributed by atoms with van der Waals surface area (Å²) in [6.07, 6.45) is 3.59. The molecule has 0 saturated carbocycles. The topological polar surface area (TPSA) is 64.7 Å². The number of hydrogen-bond acceptors (Lipinski definition) is 7. The summed E-state index contributed by atoms with van der Waals surface area (Å²) in [7, 11) is 0. The number of hydrogen-bond donors (Lipinski definition) is 0. The summed E-state index contributed by atoms with van der Waals surface area (Å²) in [5.41, 5.74) is 2.06. The largest absolute Gasteiger partial charge is 0.410 e. The molecule has 3 heterocycles. The zero-order valence-corrected chi connectivity index (χ0v) is 12.7. The predicted molar refractivity (Wildman–Crippen MR) is 78.7 cm³/mol. The van der Waals surface area contributed by atoms with Crippen LogP contribution >= 0.6 is 23.1 Å². The molecule has 102 valence electrons. The predicted octanol–water partition coefficient (Wildman–Crippen LogP) is 3.50. The van der Waals surface area contributed by atoms with Crippen molar-refractivity contribution >= 4 is 23.1 Å². The van der Waals surface area contributed by atoms with Gasteiger partial charge in [0.15, 0.2) is 0 Å². The maximum Gasteiger partial charge on any atom is 0.277 e. The molecule has 0 aliphatic rings. The smallest absolute Gasteiger partial charge is 0.277 e. The number of rotatable bonds is 4. The van der Waals surface area contributed by atoms with Gasteiger partial charge in [0.2, 0.25) is 0 Å². The Hall–Kier alpha value is -1.73. The van der Waals surface area contributed by atoms with Gasteiger partial charge < -0.3 is 4.42 Å². The van der Waals surface area contributed by atoms with Crippen LogP contribution in [0, 0.1) is 13.8 Å². The van der Waals surface area contributed by atoms with Crippen molar-refractivity contribution in [1.82, 2.24) is 20.2 Å². The van der Waals surface area contributed by atoms with Gasteiger partial charge in [-0.2, -0.15) is 0 Å². The molecule has 0 atom stereocenters. The summed E-state index contributed by atoms with van der Waals surface area (Å²) in [6, 6.07) is 3.94. The fraction of sp³-hybridized carbons (Fsp3) is 0.231. The van der Waals surface area contributed by atoms with Crippen molar-refractivity contribution in [2.75, 3.05) is 0 Å². The molecule has 0 fully saturated rings. The highest BCUT2D eigenvalue weighted by atomic mass is 32.2. The maximum absolute atomic E-state index is 5.68. The molecule has 0 aliphatic carbocycles. The third-order valence-corrected chi connectivity index (χ3v) is 4.54. The van der Waals surface area contributed by atoms with Crippen molar-refractivity contribution in [1.29, 1.82) is 0 Å². The van der Waals surface area contributed by atoms with E-state index >= 15 is 0 Å². The number of thioether (sulfide) groups is 1. The highest BCUT2D eigenvalue weighted by Gasteiger charge is 2.15. The highest BCUT2D eigenvalue weighted by molar-refractivity contribution is 7.98. The zero-order valence-electron chi connectivity index (χ0n) is 11.0. The van der Waals surface area contributed by atoms with Gasteiger partial charge in [-0.25, -0.2) is 4.98 Å². The Morgan fingerprint density at radius 2 is 2.20 bits per heavy atom. The van der Waals surface area contributed by atoms with Gasteiger partial charge in [-0.3, -0.25) is 4.98 Å². The lowest BCUT2D eigenvalue weighted by Crippen LogP contribution is -1.81. The van der Waals surface area contributed by atoms with Crippen LogP contribution in [0.15, 0.2) is 34.2 Å². The minimum absolute atomic E-state index is 0.543. The molecule has 7 heteroatoms. The lowest BCUT2D eigenvalue weighted by atomic mass is 10.3. The Morgan fingerprint density at radius 1 is 1.30 bits per heavy atom. The summed E-state index contributed by atoms with van der Waals surface area (Å²) < 4.78 is 5.68. The van der Waals surface area contributed by atoms with Gasteiger partial charge in [0.1, 0.15) is 4.88 Å². The second-order valence-corrected chi connectivity index (χ2v) is 6.30. The van der Waals surface area contributed by atoms with Crippen molar-refractivity contribution in [3.05, 3.63) is 40.8 Å². The molecule has 0 unspecified atom stereocenters. The van der Waals surface area contributed by atoms with E-state index < -0.39 is 0 Å². The van der Waals surface area contributed by atoms with Gasteiger partial charge in [0.05, 0.1) is 10.7 Å². The number of aromatic nitrogens is 4. The van der Waals surface area contributed by atoms with E-state index in [-0.39, 0.29) is 0 Å². The second kappa shape index (κ2) is 5.72. The number of pyridine rings is 1. The van der Waals surface area contributed by atoms with Crippen LogP contribution in [-0.2, 0) is 5.75 Å². The van der Waals surface area contributed by atoms with E-state index in [1.807, 2.05) is 32.2 Å². The summed E-state index contributed by atoms with van der Waals surface area (Å²) in [4.78, 5) is 9.39. The van der Waals surface area contributed by atoms with Crippen LogP contribution in [0.2, 0.25) is 0 Å². The average molecular weight is 304 g/mol. The molecule has 0 saturated heterocycles. The maximum atomic E-state index is 5.68. The molecule has 0 spiro atoms. The molecule has 0 amide bonds. The number of aryl methyl sites for hydroxylation is 2. The monoisotopic (exact) mass is 304 g/mol. The van der Waals surface area contributed by atoms with Crippen LogP contribution in [-0.4, -0.2) is 20.2 Å². The minimum atomic E-state index is 0.543. The van der Waals surface area contributed by atoms with Crippen molar-refractivity contribution in [2.45, 2.75) is 24.8 Å². The van der Waals surface area contributed by atoms with Crippen molar-refractivity contribution < 1.29 is 4.42 Å². The Bertz CT molecular complexity index is 708. The normalized spacial score (nSPS) is 10.9. The summed E-state index contributed by atoms with van der Waals surface area (Å²) in [6.45, 7) is 3.92. The summed E-state index contributed by atoms with van der Waals surface area (Å²) >= 11 is 3.07. The van der Waals surface area contributed by atoms with E-state index in [2.05, 4.69) is 20.2 Å². The van der Waals surface area contributed by atoms with Crippen molar-refractivity contribution in [3.63, 3.8) is 0 Å². The van der Waals surface area contributed by atoms with E-state index in [1.165, 1.54) is 11.8 Å². The molecule has 0 radical (unpaired) electrons. The van der Waals surface area contributed by atoms with Crippen molar-refractivity contribution in [2.24, 2.45) is 0 Å². The Balaban J connectivity index is 1.73. The number of thiazole rings is 1. The molecule has 0 aliphatic heterocycles. The summed E-state index contributed by atoms with van der Waals surface area (Å²) in [5, 5.41) is 9.72. The molecule has 3 rings (SSSR count). The van der Waals surface area contributed by atoms with Crippen molar-refractivity contribution in [3.8, 4) is 10.8 Å². The lowest BCUT2D eigenvalue weighted by molar-refractivity contribution is 0.466. The zero-order chi connectivity index (χ0) is 13.9. The standard InChI is InChI=1S/C13H12N4OS2/c1-8-11(20-9(2)15-8)12-16-17-13(18-12)19-7-10-4-3-5-14-6-10/h3-6H,7H2,1-2H3. The Labute approximate surface area is 124 Å². The van der Waals surface area contributed by atoms with E-state index in [0.717, 1.165) is 26.9 Å². The molecule has 3 aromatic rings. The van der Waals surface area contributed by atoms with Crippen LogP contribution in [0.1, 0.15) is 16.3 Å². The van der Waals surface area contributed by atoms with E-state index in [1.54, 1.807) is 17.5 Å². The van der Waals surface area contributed by atoms with Gasteiger partial charge >= 0.3 is 0 Å². The second-order valence-electron chi connectivity index (χ2n) is 4.17. The summed E-state index contributed by atoms with van der Waals surface area (Å²) in [5.74, 6) is 1.30. The molecular formula is C13H12N4OS2. The van der Waals surface area contributed by atoms with E-state index in [4.69, 9.17) is 4.42 Å². The van der Waals surface area contributed by atoms with Gasteiger partial charge in [-0.05, 0) is 25.5 Å². The van der Waals surface area contributed by atoms with E-state index in [0.29, 0.717) is 11.1 Å². The van der Waals surface area contributed by atoms with Crippen LogP contribution in [0.4, 0.5) is 0 Å². The first-order valence-electron chi connectivity index (χ1n) is 6.02. The molecule has 0 N–H and O–H groups in total. The third-order valence-electron chi connectivity index (χ3n) is 2.59. The molecule has 20 heavy (non-hydrogen) atoms. The molecular weight excluding hydrogens is 292 g/mol. The Kier molecular flexibility index (Phi) is 3.79. The average Bonchev–Trinajstić information content (AvgIpc) is 3.04. The molecule has 0 aromatic carbocycles. The minimum Gasteiger partial charge on any atom is -0.410 e.